The van der Waals surface area contributed by atoms with E-state index in [9.17, 15) is 13.2 Å². The van der Waals surface area contributed by atoms with Crippen LogP contribution in [0.4, 0.5) is 24.7 Å². The molecular formula is C24H22F3N5. The summed E-state index contributed by atoms with van der Waals surface area (Å²) in [7, 11) is 0. The highest BCUT2D eigenvalue weighted by Crippen LogP contribution is 2.38. The van der Waals surface area contributed by atoms with Crippen molar-refractivity contribution in [2.24, 2.45) is 0 Å². The zero-order chi connectivity index (χ0) is 22.1. The normalized spacial score (nSPS) is 15.2. The molecule has 0 atom stereocenters. The second-order valence-electron chi connectivity index (χ2n) is 7.98. The van der Waals surface area contributed by atoms with Gasteiger partial charge in [-0.2, -0.15) is 18.3 Å². The maximum atomic E-state index is 13.7. The summed E-state index contributed by atoms with van der Waals surface area (Å²) in [5, 5.41) is 14.8. The summed E-state index contributed by atoms with van der Waals surface area (Å²) in [6, 6.07) is 16.9. The monoisotopic (exact) mass is 437 g/mol. The minimum absolute atomic E-state index is 0.0747. The Labute approximate surface area is 183 Å². The summed E-state index contributed by atoms with van der Waals surface area (Å²) in [6.07, 6.45) is -2.68. The highest BCUT2D eigenvalue weighted by molar-refractivity contribution is 5.91. The molecule has 4 aromatic rings. The van der Waals surface area contributed by atoms with Crippen molar-refractivity contribution in [3.63, 3.8) is 0 Å². The third kappa shape index (κ3) is 4.05. The maximum absolute atomic E-state index is 13.7. The number of para-hydroxylation sites is 1. The third-order valence-corrected chi connectivity index (χ3v) is 5.84. The smallest absolute Gasteiger partial charge is 0.338 e. The van der Waals surface area contributed by atoms with Crippen molar-refractivity contribution in [2.45, 2.75) is 24.9 Å². The number of pyridine rings is 1. The van der Waals surface area contributed by atoms with Gasteiger partial charge in [0.05, 0.1) is 16.8 Å². The summed E-state index contributed by atoms with van der Waals surface area (Å²) < 4.78 is 41.1. The van der Waals surface area contributed by atoms with E-state index in [2.05, 4.69) is 20.8 Å². The van der Waals surface area contributed by atoms with Crippen molar-refractivity contribution < 1.29 is 13.2 Å². The SMILES string of the molecule is FC(F)(F)c1ccccc1-c1cc(Nc2n[nH]c3ccccc23)cc(C2CCNCC2)n1. The second kappa shape index (κ2) is 8.27. The molecule has 0 radical (unpaired) electrons. The van der Waals surface area contributed by atoms with Gasteiger partial charge in [-0.1, -0.05) is 30.3 Å². The molecule has 0 aliphatic carbocycles. The molecule has 0 unspecified atom stereocenters. The molecular weight excluding hydrogens is 415 g/mol. The van der Waals surface area contributed by atoms with E-state index >= 15 is 0 Å². The molecule has 2 aromatic heterocycles. The van der Waals surface area contributed by atoms with Crippen LogP contribution >= 0.6 is 0 Å². The Bertz CT molecular complexity index is 1240. The molecule has 1 fully saturated rings. The van der Waals surface area contributed by atoms with E-state index in [1.165, 1.54) is 12.1 Å². The molecule has 1 aliphatic heterocycles. The Hall–Kier alpha value is -3.39. The average molecular weight is 437 g/mol. The minimum Gasteiger partial charge on any atom is -0.338 e. The van der Waals surface area contributed by atoms with Crippen molar-refractivity contribution in [1.29, 1.82) is 0 Å². The number of aromatic nitrogens is 3. The number of aromatic amines is 1. The number of rotatable bonds is 4. The van der Waals surface area contributed by atoms with Gasteiger partial charge in [-0.05, 0) is 56.3 Å². The van der Waals surface area contributed by atoms with Crippen LogP contribution in [0.2, 0.25) is 0 Å². The molecule has 0 amide bonds. The Morgan fingerprint density at radius 3 is 2.50 bits per heavy atom. The van der Waals surface area contributed by atoms with Crippen LogP contribution in [0.15, 0.2) is 60.7 Å². The number of fused-ring (bicyclic) bond motifs is 1. The lowest BCUT2D eigenvalue weighted by Crippen LogP contribution is -2.27. The fourth-order valence-corrected chi connectivity index (χ4v) is 4.24. The molecule has 1 saturated heterocycles. The fraction of sp³-hybridized carbons (Fsp3) is 0.250. The van der Waals surface area contributed by atoms with Crippen molar-refractivity contribution >= 4 is 22.4 Å². The molecule has 164 valence electrons. The van der Waals surface area contributed by atoms with E-state index in [1.54, 1.807) is 12.1 Å². The van der Waals surface area contributed by atoms with E-state index < -0.39 is 11.7 Å². The van der Waals surface area contributed by atoms with Crippen molar-refractivity contribution in [3.8, 4) is 11.3 Å². The van der Waals surface area contributed by atoms with E-state index in [-0.39, 0.29) is 11.5 Å². The standard InChI is InChI=1S/C24H22F3N5/c25-24(26,27)19-7-3-1-5-17(19)22-14-16(13-21(30-22)15-9-11-28-12-10-15)29-23-18-6-2-4-8-20(18)31-32-23/h1-8,13-15,28H,9-12H2,(H2,29,30,31,32). The van der Waals surface area contributed by atoms with Gasteiger partial charge in [-0.3, -0.25) is 10.1 Å². The lowest BCUT2D eigenvalue weighted by Gasteiger charge is -2.23. The summed E-state index contributed by atoms with van der Waals surface area (Å²) in [5.74, 6) is 0.809. The first-order chi connectivity index (χ1) is 15.5. The quantitative estimate of drug-likeness (QED) is 0.375. The number of anilines is 2. The maximum Gasteiger partial charge on any atom is 0.417 e. The molecule has 2 aromatic carbocycles. The molecule has 5 nitrogen and oxygen atoms in total. The van der Waals surface area contributed by atoms with E-state index in [1.807, 2.05) is 30.3 Å². The Morgan fingerprint density at radius 2 is 1.69 bits per heavy atom. The Kier molecular flexibility index (Phi) is 5.30. The van der Waals surface area contributed by atoms with Gasteiger partial charge in [0.1, 0.15) is 0 Å². The average Bonchev–Trinajstić information content (AvgIpc) is 3.22. The summed E-state index contributed by atoms with van der Waals surface area (Å²) in [6.45, 7) is 1.73. The van der Waals surface area contributed by atoms with Gasteiger partial charge in [0.15, 0.2) is 5.82 Å². The summed E-state index contributed by atoms with van der Waals surface area (Å²) >= 11 is 0. The van der Waals surface area contributed by atoms with Gasteiger partial charge >= 0.3 is 6.18 Å². The zero-order valence-electron chi connectivity index (χ0n) is 17.2. The Balaban J connectivity index is 1.61. The first kappa shape index (κ1) is 20.5. The topological polar surface area (TPSA) is 65.6 Å². The van der Waals surface area contributed by atoms with E-state index in [0.717, 1.165) is 48.6 Å². The van der Waals surface area contributed by atoms with Gasteiger partial charge in [0.25, 0.3) is 0 Å². The molecule has 32 heavy (non-hydrogen) atoms. The molecule has 0 bridgehead atoms. The van der Waals surface area contributed by atoms with Crippen molar-refractivity contribution in [3.05, 3.63) is 71.9 Å². The molecule has 8 heteroatoms. The van der Waals surface area contributed by atoms with Crippen LogP contribution in [-0.4, -0.2) is 28.3 Å². The third-order valence-electron chi connectivity index (χ3n) is 5.84. The van der Waals surface area contributed by atoms with Gasteiger partial charge in [-0.15, -0.1) is 0 Å². The number of hydrogen-bond acceptors (Lipinski definition) is 4. The van der Waals surface area contributed by atoms with Crippen molar-refractivity contribution in [2.75, 3.05) is 18.4 Å². The zero-order valence-corrected chi connectivity index (χ0v) is 17.2. The number of halogens is 3. The van der Waals surface area contributed by atoms with E-state index in [0.29, 0.717) is 17.2 Å². The lowest BCUT2D eigenvalue weighted by molar-refractivity contribution is -0.137. The van der Waals surface area contributed by atoms with Crippen LogP contribution in [-0.2, 0) is 6.18 Å². The predicted molar refractivity (Wildman–Crippen MR) is 119 cm³/mol. The van der Waals surface area contributed by atoms with E-state index in [4.69, 9.17) is 4.98 Å². The van der Waals surface area contributed by atoms with Crippen LogP contribution < -0.4 is 10.6 Å². The minimum atomic E-state index is -4.46. The number of nitrogens with zero attached hydrogens (tertiary/aromatic N) is 2. The second-order valence-corrected chi connectivity index (χ2v) is 7.98. The molecule has 5 rings (SSSR count). The van der Waals surface area contributed by atoms with Gasteiger partial charge < -0.3 is 10.6 Å². The summed E-state index contributed by atoms with van der Waals surface area (Å²) in [4.78, 5) is 4.70. The fourth-order valence-electron chi connectivity index (χ4n) is 4.24. The number of hydrogen-bond donors (Lipinski definition) is 3. The number of alkyl halides is 3. The first-order valence-electron chi connectivity index (χ1n) is 10.6. The van der Waals surface area contributed by atoms with Crippen LogP contribution in [0, 0.1) is 0 Å². The number of benzene rings is 2. The predicted octanol–water partition coefficient (Wildman–Crippen LogP) is 5.85. The Morgan fingerprint density at radius 1 is 0.938 bits per heavy atom. The molecule has 0 spiro atoms. The molecule has 1 aliphatic rings. The number of H-pyrrole nitrogens is 1. The first-order valence-corrected chi connectivity index (χ1v) is 10.6. The largest absolute Gasteiger partial charge is 0.417 e. The van der Waals surface area contributed by atoms with Crippen LogP contribution in [0.25, 0.3) is 22.2 Å². The highest BCUT2D eigenvalue weighted by atomic mass is 19.4. The van der Waals surface area contributed by atoms with Crippen LogP contribution in [0.5, 0.6) is 0 Å². The van der Waals surface area contributed by atoms with Gasteiger partial charge in [0, 0.05) is 28.2 Å². The molecule has 3 heterocycles. The number of nitrogens with one attached hydrogen (secondary N) is 3. The van der Waals surface area contributed by atoms with Crippen LogP contribution in [0.1, 0.15) is 30.0 Å². The van der Waals surface area contributed by atoms with Gasteiger partial charge in [0.2, 0.25) is 0 Å². The highest BCUT2D eigenvalue weighted by Gasteiger charge is 2.34. The molecule has 3 N–H and O–H groups in total. The van der Waals surface area contributed by atoms with Gasteiger partial charge in [-0.25, -0.2) is 0 Å². The number of piperidine rings is 1. The lowest BCUT2D eigenvalue weighted by atomic mass is 9.93. The summed E-state index contributed by atoms with van der Waals surface area (Å²) in [5.41, 5.74) is 2.03. The van der Waals surface area contributed by atoms with Crippen LogP contribution in [0.3, 0.4) is 0 Å². The molecule has 0 saturated carbocycles. The van der Waals surface area contributed by atoms with Crippen molar-refractivity contribution in [1.82, 2.24) is 20.5 Å².